The minimum Gasteiger partial charge on any atom is -0.399 e. The summed E-state index contributed by atoms with van der Waals surface area (Å²) in [6, 6.07) is 4.50. The van der Waals surface area contributed by atoms with Crippen molar-refractivity contribution in [2.45, 2.75) is 11.3 Å². The Morgan fingerprint density at radius 1 is 1.35 bits per heavy atom. The first kappa shape index (κ1) is 14.3. The van der Waals surface area contributed by atoms with E-state index in [0.29, 0.717) is 12.1 Å². The Labute approximate surface area is 107 Å². The molecule has 0 aromatic heterocycles. The Bertz CT molecular complexity index is 486. The molecule has 0 amide bonds. The Balaban J connectivity index is 2.86. The summed E-state index contributed by atoms with van der Waals surface area (Å²) in [5.41, 5.74) is 5.97. The van der Waals surface area contributed by atoms with Crippen molar-refractivity contribution < 1.29 is 8.42 Å². The average Bonchev–Trinajstić information content (AvgIpc) is 2.20. The van der Waals surface area contributed by atoms with Crippen LogP contribution in [0.2, 0.25) is 5.02 Å². The lowest BCUT2D eigenvalue weighted by Gasteiger charge is -2.10. The Morgan fingerprint density at radius 3 is 2.59 bits per heavy atom. The molecule has 1 aromatic carbocycles. The van der Waals surface area contributed by atoms with E-state index in [1.54, 1.807) is 6.07 Å². The van der Waals surface area contributed by atoms with Gasteiger partial charge in [0.25, 0.3) is 0 Å². The zero-order valence-corrected chi connectivity index (χ0v) is 11.6. The molecular formula is C11H17ClN2O2S. The van der Waals surface area contributed by atoms with Gasteiger partial charge in [0.2, 0.25) is 0 Å². The number of nitrogen functional groups attached to an aromatic ring is 1. The van der Waals surface area contributed by atoms with E-state index >= 15 is 0 Å². The summed E-state index contributed by atoms with van der Waals surface area (Å²) < 4.78 is 24.1. The molecule has 1 aromatic rings. The zero-order chi connectivity index (χ0) is 13.1. The molecule has 1 rings (SSSR count). The Kier molecular flexibility index (Phi) is 4.80. The van der Waals surface area contributed by atoms with Crippen LogP contribution in [0.1, 0.15) is 6.42 Å². The van der Waals surface area contributed by atoms with Crippen LogP contribution in [-0.4, -0.2) is 39.7 Å². The molecule has 2 N–H and O–H groups in total. The maximum absolute atomic E-state index is 12.0. The molecule has 6 heteroatoms. The number of hydrogen-bond acceptors (Lipinski definition) is 4. The number of rotatable bonds is 5. The molecule has 0 saturated carbocycles. The largest absolute Gasteiger partial charge is 0.399 e. The first-order valence-corrected chi connectivity index (χ1v) is 7.28. The smallest absolute Gasteiger partial charge is 0.179 e. The predicted molar refractivity (Wildman–Crippen MR) is 71.1 cm³/mol. The summed E-state index contributed by atoms with van der Waals surface area (Å²) in [5.74, 6) is 0.0777. The highest BCUT2D eigenvalue weighted by Gasteiger charge is 2.18. The average molecular weight is 277 g/mol. The fourth-order valence-corrected chi connectivity index (χ4v) is 3.32. The molecule has 17 heavy (non-hydrogen) atoms. The van der Waals surface area contributed by atoms with Gasteiger partial charge in [0.1, 0.15) is 0 Å². The summed E-state index contributed by atoms with van der Waals surface area (Å²) in [4.78, 5) is 2.06. The van der Waals surface area contributed by atoms with Crippen molar-refractivity contribution in [3.63, 3.8) is 0 Å². The zero-order valence-electron chi connectivity index (χ0n) is 9.98. The van der Waals surface area contributed by atoms with Gasteiger partial charge in [0, 0.05) is 5.69 Å². The summed E-state index contributed by atoms with van der Waals surface area (Å²) in [7, 11) is 0.458. The van der Waals surface area contributed by atoms with E-state index in [1.165, 1.54) is 12.1 Å². The maximum Gasteiger partial charge on any atom is 0.179 e. The monoisotopic (exact) mass is 276 g/mol. The first-order valence-electron chi connectivity index (χ1n) is 5.25. The van der Waals surface area contributed by atoms with E-state index in [0.717, 1.165) is 6.54 Å². The highest BCUT2D eigenvalue weighted by atomic mass is 35.5. The third kappa shape index (κ3) is 4.18. The van der Waals surface area contributed by atoms with Gasteiger partial charge < -0.3 is 10.6 Å². The van der Waals surface area contributed by atoms with E-state index < -0.39 is 9.84 Å². The fraction of sp³-hybridized carbons (Fsp3) is 0.455. The fourth-order valence-electron chi connectivity index (χ4n) is 1.44. The minimum absolute atomic E-state index is 0.0777. The first-order chi connectivity index (χ1) is 7.83. The van der Waals surface area contributed by atoms with Crippen molar-refractivity contribution in [2.24, 2.45) is 0 Å². The van der Waals surface area contributed by atoms with Crippen molar-refractivity contribution in [3.8, 4) is 0 Å². The molecule has 0 heterocycles. The quantitative estimate of drug-likeness (QED) is 0.831. The molecule has 0 aliphatic carbocycles. The van der Waals surface area contributed by atoms with Gasteiger partial charge in [-0.1, -0.05) is 11.6 Å². The topological polar surface area (TPSA) is 63.4 Å². The normalized spacial score (nSPS) is 12.0. The molecule has 0 aliphatic rings. The molecule has 0 saturated heterocycles. The van der Waals surface area contributed by atoms with Crippen LogP contribution in [-0.2, 0) is 9.84 Å². The Hall–Kier alpha value is -0.780. The predicted octanol–water partition coefficient (Wildman–Crippen LogP) is 1.65. The SMILES string of the molecule is CN(C)CCCS(=O)(=O)c1cc(N)ccc1Cl. The Morgan fingerprint density at radius 2 is 2.00 bits per heavy atom. The number of nitrogens with zero attached hydrogens (tertiary/aromatic N) is 1. The van der Waals surface area contributed by atoms with Crippen LogP contribution in [0.5, 0.6) is 0 Å². The van der Waals surface area contributed by atoms with Crippen LogP contribution >= 0.6 is 11.6 Å². The van der Waals surface area contributed by atoms with Crippen molar-refractivity contribution in [1.29, 1.82) is 0 Å². The van der Waals surface area contributed by atoms with E-state index in [1.807, 2.05) is 19.0 Å². The second-order valence-corrected chi connectivity index (χ2v) is 6.65. The molecule has 0 bridgehead atoms. The minimum atomic E-state index is -3.35. The van der Waals surface area contributed by atoms with Gasteiger partial charge >= 0.3 is 0 Å². The van der Waals surface area contributed by atoms with Crippen LogP contribution in [0.15, 0.2) is 23.1 Å². The highest BCUT2D eigenvalue weighted by molar-refractivity contribution is 7.91. The van der Waals surface area contributed by atoms with Gasteiger partial charge in [-0.2, -0.15) is 0 Å². The number of anilines is 1. The number of nitrogens with two attached hydrogens (primary N) is 1. The number of sulfone groups is 1. The van der Waals surface area contributed by atoms with Crippen molar-refractivity contribution in [1.82, 2.24) is 4.90 Å². The maximum atomic E-state index is 12.0. The number of benzene rings is 1. The van der Waals surface area contributed by atoms with Crippen LogP contribution < -0.4 is 5.73 Å². The second kappa shape index (κ2) is 5.71. The molecule has 0 fully saturated rings. The van der Waals surface area contributed by atoms with Crippen LogP contribution in [0.4, 0.5) is 5.69 Å². The van der Waals surface area contributed by atoms with E-state index in [2.05, 4.69) is 0 Å². The standard InChI is InChI=1S/C11H17ClN2O2S/c1-14(2)6-3-7-17(15,16)11-8-9(13)4-5-10(11)12/h4-5,8H,3,6-7,13H2,1-2H3. The molecule has 0 unspecified atom stereocenters. The number of hydrogen-bond donors (Lipinski definition) is 1. The summed E-state index contributed by atoms with van der Waals surface area (Å²) >= 11 is 5.88. The van der Waals surface area contributed by atoms with Crippen molar-refractivity contribution in [2.75, 3.05) is 32.1 Å². The summed E-state index contributed by atoms with van der Waals surface area (Å²) in [5, 5.41) is 0.226. The summed E-state index contributed by atoms with van der Waals surface area (Å²) in [6.45, 7) is 0.721. The number of halogens is 1. The molecule has 0 spiro atoms. The van der Waals surface area contributed by atoms with E-state index in [-0.39, 0.29) is 15.7 Å². The van der Waals surface area contributed by atoms with Gasteiger partial charge in [-0.05, 0) is 45.3 Å². The van der Waals surface area contributed by atoms with E-state index in [4.69, 9.17) is 17.3 Å². The lowest BCUT2D eigenvalue weighted by Crippen LogP contribution is -2.17. The van der Waals surface area contributed by atoms with Gasteiger partial charge in [-0.15, -0.1) is 0 Å². The lowest BCUT2D eigenvalue weighted by molar-refractivity contribution is 0.408. The van der Waals surface area contributed by atoms with Crippen LogP contribution in [0.3, 0.4) is 0 Å². The van der Waals surface area contributed by atoms with Crippen molar-refractivity contribution in [3.05, 3.63) is 23.2 Å². The van der Waals surface area contributed by atoms with Crippen LogP contribution in [0.25, 0.3) is 0 Å². The van der Waals surface area contributed by atoms with Gasteiger partial charge in [-0.3, -0.25) is 0 Å². The van der Waals surface area contributed by atoms with E-state index in [9.17, 15) is 8.42 Å². The third-order valence-corrected chi connectivity index (χ3v) is 4.58. The molecule has 0 aliphatic heterocycles. The molecule has 0 radical (unpaired) electrons. The summed E-state index contributed by atoms with van der Waals surface area (Å²) in [6.07, 6.45) is 0.570. The van der Waals surface area contributed by atoms with Gasteiger partial charge in [0.15, 0.2) is 9.84 Å². The molecule has 4 nitrogen and oxygen atoms in total. The lowest BCUT2D eigenvalue weighted by atomic mass is 10.3. The third-order valence-electron chi connectivity index (χ3n) is 2.31. The van der Waals surface area contributed by atoms with Crippen molar-refractivity contribution >= 4 is 27.1 Å². The van der Waals surface area contributed by atoms with Crippen LogP contribution in [0, 0.1) is 0 Å². The van der Waals surface area contributed by atoms with Gasteiger partial charge in [0.05, 0.1) is 15.7 Å². The molecular weight excluding hydrogens is 260 g/mol. The molecule has 0 atom stereocenters. The second-order valence-electron chi connectivity index (χ2n) is 4.17. The van der Waals surface area contributed by atoms with Gasteiger partial charge in [-0.25, -0.2) is 8.42 Å². The molecule has 96 valence electrons. The highest BCUT2D eigenvalue weighted by Crippen LogP contribution is 2.25.